The zero-order chi connectivity index (χ0) is 26.3. The number of nitrogens with zero attached hydrogens (tertiary/aromatic N) is 2. The van der Waals surface area contributed by atoms with Crippen LogP contribution in [0.1, 0.15) is 36.4 Å². The summed E-state index contributed by atoms with van der Waals surface area (Å²) in [6.45, 7) is 7.41. The molecule has 4 aromatic rings. The molecule has 12 heteroatoms. The fraction of sp³-hybridized carbons (Fsp3) is 0.250. The number of hydrogen-bond donors (Lipinski definition) is 2. The number of nitrogens with one attached hydrogen (secondary N) is 2. The fourth-order valence-corrected chi connectivity index (χ4v) is 5.28. The van der Waals surface area contributed by atoms with E-state index in [4.69, 9.17) is 9.05 Å². The molecule has 10 nitrogen and oxygen atoms in total. The Labute approximate surface area is 210 Å². The fourth-order valence-electron chi connectivity index (χ4n) is 3.15. The van der Waals surface area contributed by atoms with E-state index in [9.17, 15) is 16.8 Å². The Kier molecular flexibility index (Phi) is 8.53. The smallest absolute Gasteiger partial charge is 0.264 e. The second-order valence-corrected chi connectivity index (χ2v) is 11.1. The molecule has 0 aliphatic carbocycles. The topological polar surface area (TPSA) is 144 Å². The molecule has 2 aromatic carbocycles. The van der Waals surface area contributed by atoms with Gasteiger partial charge in [-0.15, -0.1) is 0 Å². The lowest BCUT2D eigenvalue weighted by Gasteiger charge is -2.05. The lowest BCUT2D eigenvalue weighted by Crippen LogP contribution is -2.13. The number of hydrogen-bond acceptors (Lipinski definition) is 8. The molecular weight excluding hydrogens is 504 g/mol. The number of aryl methyl sites for hydroxylation is 2. The molecule has 4 rings (SSSR count). The Bertz CT molecular complexity index is 1380. The number of anilines is 2. The van der Waals surface area contributed by atoms with Gasteiger partial charge in [0, 0.05) is 11.1 Å². The highest BCUT2D eigenvalue weighted by Gasteiger charge is 2.20. The van der Waals surface area contributed by atoms with Gasteiger partial charge in [-0.2, -0.15) is 0 Å². The van der Waals surface area contributed by atoms with E-state index in [2.05, 4.69) is 19.8 Å². The van der Waals surface area contributed by atoms with Crippen molar-refractivity contribution in [1.82, 2.24) is 10.3 Å². The molecule has 192 valence electrons. The highest BCUT2D eigenvalue weighted by atomic mass is 32.2. The van der Waals surface area contributed by atoms with Crippen LogP contribution in [-0.2, 0) is 32.9 Å². The third-order valence-corrected chi connectivity index (χ3v) is 7.97. The molecule has 0 atom stereocenters. The number of aromatic nitrogens is 2. The zero-order valence-electron chi connectivity index (χ0n) is 20.3. The van der Waals surface area contributed by atoms with Crippen molar-refractivity contribution in [1.29, 1.82) is 0 Å². The van der Waals surface area contributed by atoms with Gasteiger partial charge in [-0.25, -0.2) is 26.3 Å². The minimum atomic E-state index is -3.61. The van der Waals surface area contributed by atoms with Crippen LogP contribution >= 0.6 is 0 Å². The van der Waals surface area contributed by atoms with Crippen molar-refractivity contribution < 1.29 is 25.9 Å². The van der Waals surface area contributed by atoms with Crippen LogP contribution in [0.3, 0.4) is 0 Å². The van der Waals surface area contributed by atoms with Crippen LogP contribution in [0, 0.1) is 13.8 Å². The molecule has 0 amide bonds. The first-order valence-electron chi connectivity index (χ1n) is 11.1. The average molecular weight is 533 g/mol. The highest BCUT2D eigenvalue weighted by Crippen LogP contribution is 2.23. The Morgan fingerprint density at radius 1 is 0.639 bits per heavy atom. The number of benzene rings is 2. The van der Waals surface area contributed by atoms with Gasteiger partial charge in [0.25, 0.3) is 20.0 Å². The molecule has 2 heterocycles. The van der Waals surface area contributed by atoms with Gasteiger partial charge in [-0.3, -0.25) is 0 Å². The molecule has 0 aliphatic rings. The lowest BCUT2D eigenvalue weighted by atomic mass is 10.2. The van der Waals surface area contributed by atoms with Gasteiger partial charge in [-0.05, 0) is 51.0 Å². The maximum absolute atomic E-state index is 12.1. The third kappa shape index (κ3) is 6.32. The molecule has 36 heavy (non-hydrogen) atoms. The van der Waals surface area contributed by atoms with Crippen molar-refractivity contribution >= 4 is 31.8 Å². The molecule has 0 bridgehead atoms. The Morgan fingerprint density at radius 3 is 1.25 bits per heavy atom. The molecule has 2 aromatic heterocycles. The first-order chi connectivity index (χ1) is 17.1. The molecule has 0 saturated heterocycles. The minimum Gasteiger partial charge on any atom is -0.337 e. The minimum absolute atomic E-state index is 0.177. The van der Waals surface area contributed by atoms with Crippen molar-refractivity contribution in [2.45, 2.75) is 50.3 Å². The monoisotopic (exact) mass is 532 g/mol. The third-order valence-electron chi connectivity index (χ3n) is 5.27. The Morgan fingerprint density at radius 2 is 0.972 bits per heavy atom. The summed E-state index contributed by atoms with van der Waals surface area (Å²) in [5, 5.41) is 7.62. The van der Waals surface area contributed by atoms with Crippen LogP contribution in [0.15, 0.2) is 79.5 Å². The van der Waals surface area contributed by atoms with Crippen molar-refractivity contribution in [2.75, 3.05) is 9.44 Å². The summed E-state index contributed by atoms with van der Waals surface area (Å²) in [7, 11) is -7.23. The molecule has 0 fully saturated rings. The van der Waals surface area contributed by atoms with Crippen LogP contribution in [0.25, 0.3) is 0 Å². The van der Waals surface area contributed by atoms with Gasteiger partial charge in [0.15, 0.2) is 0 Å². The van der Waals surface area contributed by atoms with Crippen LogP contribution in [0.4, 0.5) is 11.8 Å². The van der Waals surface area contributed by atoms with Crippen molar-refractivity contribution in [3.8, 4) is 0 Å². The summed E-state index contributed by atoms with van der Waals surface area (Å²) < 4.78 is 63.0. The second kappa shape index (κ2) is 11.4. The average Bonchev–Trinajstić information content (AvgIpc) is 3.41. The quantitative estimate of drug-likeness (QED) is 0.332. The largest absolute Gasteiger partial charge is 0.337 e. The SMILES string of the molecule is CCc1noc(NS(=O)(=O)c2ccccc2)c1C.CCc1noc(NS(=O)(=O)c2ccccc2)c1C. The van der Waals surface area contributed by atoms with E-state index >= 15 is 0 Å². The summed E-state index contributed by atoms with van der Waals surface area (Å²) in [5.74, 6) is 0.353. The van der Waals surface area contributed by atoms with Crippen LogP contribution < -0.4 is 9.44 Å². The molecule has 0 radical (unpaired) electrons. The van der Waals surface area contributed by atoms with E-state index < -0.39 is 20.0 Å². The molecule has 0 aliphatic heterocycles. The van der Waals surface area contributed by atoms with Gasteiger partial charge in [-0.1, -0.05) is 60.6 Å². The molecule has 0 saturated carbocycles. The van der Waals surface area contributed by atoms with E-state index in [0.717, 1.165) is 22.5 Å². The zero-order valence-corrected chi connectivity index (χ0v) is 22.0. The van der Waals surface area contributed by atoms with E-state index in [1.165, 1.54) is 24.3 Å². The van der Waals surface area contributed by atoms with Crippen LogP contribution in [0.2, 0.25) is 0 Å². The standard InChI is InChI=1S/2C12H14N2O3S/c2*1-3-11-9(2)12(17-13-11)14-18(15,16)10-7-5-4-6-8-10/h2*4-8,14H,3H2,1-2H3. The summed E-state index contributed by atoms with van der Waals surface area (Å²) in [6, 6.07) is 16.3. The van der Waals surface area contributed by atoms with Crippen molar-refractivity contribution in [3.63, 3.8) is 0 Å². The van der Waals surface area contributed by atoms with Crippen LogP contribution in [0.5, 0.6) is 0 Å². The van der Waals surface area contributed by atoms with E-state index in [0.29, 0.717) is 12.8 Å². The molecular formula is C24H28N4O6S2. The number of rotatable bonds is 8. The van der Waals surface area contributed by atoms with E-state index in [1.807, 2.05) is 13.8 Å². The summed E-state index contributed by atoms with van der Waals surface area (Å²) in [5.41, 5.74) is 2.94. The Balaban J connectivity index is 0.000000201. The Hall–Kier alpha value is -3.64. The number of sulfonamides is 2. The van der Waals surface area contributed by atoms with Gasteiger partial charge in [0.2, 0.25) is 11.8 Å². The first-order valence-corrected chi connectivity index (χ1v) is 14.1. The van der Waals surface area contributed by atoms with E-state index in [1.54, 1.807) is 50.2 Å². The predicted molar refractivity (Wildman–Crippen MR) is 136 cm³/mol. The van der Waals surface area contributed by atoms with E-state index in [-0.39, 0.29) is 21.6 Å². The van der Waals surface area contributed by atoms with Gasteiger partial charge >= 0.3 is 0 Å². The van der Waals surface area contributed by atoms with Crippen molar-refractivity contribution in [2.24, 2.45) is 0 Å². The molecule has 0 spiro atoms. The summed E-state index contributed by atoms with van der Waals surface area (Å²) in [4.78, 5) is 0.387. The van der Waals surface area contributed by atoms with Gasteiger partial charge in [0.1, 0.15) is 0 Å². The lowest BCUT2D eigenvalue weighted by molar-refractivity contribution is 0.427. The highest BCUT2D eigenvalue weighted by molar-refractivity contribution is 7.93. The first kappa shape index (κ1) is 27.0. The maximum Gasteiger partial charge on any atom is 0.264 e. The normalized spacial score (nSPS) is 11.4. The van der Waals surface area contributed by atoms with Gasteiger partial charge in [0.05, 0.1) is 21.2 Å². The summed E-state index contributed by atoms with van der Waals surface area (Å²) in [6.07, 6.45) is 1.39. The molecule has 0 unspecified atom stereocenters. The summed E-state index contributed by atoms with van der Waals surface area (Å²) >= 11 is 0. The maximum atomic E-state index is 12.1. The van der Waals surface area contributed by atoms with Crippen molar-refractivity contribution in [3.05, 3.63) is 83.2 Å². The predicted octanol–water partition coefficient (Wildman–Crippen LogP) is 4.69. The second-order valence-electron chi connectivity index (χ2n) is 7.71. The molecule has 2 N–H and O–H groups in total. The van der Waals surface area contributed by atoms with Crippen LogP contribution in [-0.4, -0.2) is 27.1 Å². The van der Waals surface area contributed by atoms with Gasteiger partial charge < -0.3 is 9.05 Å².